The average Bonchev–Trinajstić information content (AvgIpc) is 3.16. The van der Waals surface area contributed by atoms with Gasteiger partial charge < -0.3 is 19.7 Å². The number of sulfonamides is 1. The summed E-state index contributed by atoms with van der Waals surface area (Å²) in [5.41, 5.74) is 1.44. The van der Waals surface area contributed by atoms with Crippen LogP contribution in [0.5, 0.6) is 11.5 Å². The van der Waals surface area contributed by atoms with Gasteiger partial charge in [0.25, 0.3) is 0 Å². The molecule has 2 aromatic rings. The van der Waals surface area contributed by atoms with Gasteiger partial charge in [-0.2, -0.15) is 0 Å². The Morgan fingerprint density at radius 3 is 2.48 bits per heavy atom. The van der Waals surface area contributed by atoms with E-state index in [1.165, 1.54) is 31.2 Å². The first kappa shape index (κ1) is 23.1. The predicted octanol–water partition coefficient (Wildman–Crippen LogP) is 2.45. The largest absolute Gasteiger partial charge is 0.490 e. The second-order valence-corrected chi connectivity index (χ2v) is 9.80. The third kappa shape index (κ3) is 5.45. The highest BCUT2D eigenvalue weighted by Crippen LogP contribution is 2.37. The first-order valence-corrected chi connectivity index (χ1v) is 12.4. The van der Waals surface area contributed by atoms with Crippen LogP contribution in [0.2, 0.25) is 0 Å². The van der Waals surface area contributed by atoms with Crippen molar-refractivity contribution < 1.29 is 27.5 Å². The molecule has 9 nitrogen and oxygen atoms in total. The number of anilines is 1. The molecule has 33 heavy (non-hydrogen) atoms. The number of nitrogens with one attached hydrogen (secondary N) is 2. The summed E-state index contributed by atoms with van der Waals surface area (Å²) in [7, 11) is -3.88. The Morgan fingerprint density at radius 2 is 1.76 bits per heavy atom. The molecule has 0 aliphatic carbocycles. The van der Waals surface area contributed by atoms with Crippen LogP contribution in [0.25, 0.3) is 0 Å². The van der Waals surface area contributed by atoms with Crippen molar-refractivity contribution in [2.24, 2.45) is 0 Å². The molecule has 1 unspecified atom stereocenters. The zero-order valence-electron chi connectivity index (χ0n) is 18.4. The van der Waals surface area contributed by atoms with E-state index in [9.17, 15) is 18.0 Å². The van der Waals surface area contributed by atoms with E-state index < -0.39 is 10.0 Å². The Bertz CT molecular complexity index is 1130. The summed E-state index contributed by atoms with van der Waals surface area (Å²) in [6, 6.07) is 11.3. The molecule has 0 saturated carbocycles. The molecule has 1 fully saturated rings. The molecular formula is C23H27N3O6S. The number of rotatable bonds is 6. The number of hydrogen-bond acceptors (Lipinski definition) is 6. The van der Waals surface area contributed by atoms with Crippen LogP contribution in [0.15, 0.2) is 47.4 Å². The van der Waals surface area contributed by atoms with Gasteiger partial charge in [0.2, 0.25) is 21.8 Å². The minimum Gasteiger partial charge on any atom is -0.490 e. The second-order valence-electron chi connectivity index (χ2n) is 8.03. The van der Waals surface area contributed by atoms with Gasteiger partial charge in [0.05, 0.1) is 30.7 Å². The minimum atomic E-state index is -3.88. The van der Waals surface area contributed by atoms with Crippen LogP contribution in [-0.4, -0.2) is 51.4 Å². The Hall–Kier alpha value is -3.11. The molecule has 0 aromatic heterocycles. The Kier molecular flexibility index (Phi) is 6.85. The molecule has 1 saturated heterocycles. The lowest BCUT2D eigenvalue weighted by Gasteiger charge is -2.26. The van der Waals surface area contributed by atoms with E-state index in [0.717, 1.165) is 24.8 Å². The van der Waals surface area contributed by atoms with Crippen molar-refractivity contribution in [3.05, 3.63) is 48.0 Å². The molecule has 10 heteroatoms. The van der Waals surface area contributed by atoms with E-state index in [0.29, 0.717) is 36.9 Å². The zero-order chi connectivity index (χ0) is 23.4. The summed E-state index contributed by atoms with van der Waals surface area (Å²) < 4.78 is 39.1. The van der Waals surface area contributed by atoms with Gasteiger partial charge in [-0.15, -0.1) is 0 Å². The van der Waals surface area contributed by atoms with E-state index in [2.05, 4.69) is 10.0 Å². The number of nitrogens with zero attached hydrogens (tertiary/aromatic N) is 1. The number of hydrogen-bond donors (Lipinski definition) is 2. The fourth-order valence-corrected chi connectivity index (χ4v) is 5.04. The Morgan fingerprint density at radius 1 is 1.03 bits per heavy atom. The highest BCUT2D eigenvalue weighted by molar-refractivity contribution is 7.89. The van der Waals surface area contributed by atoms with Gasteiger partial charge in [-0.1, -0.05) is 6.07 Å². The number of ether oxygens (including phenoxy) is 2. The van der Waals surface area contributed by atoms with Crippen LogP contribution in [0.3, 0.4) is 0 Å². The molecule has 2 aliphatic rings. The van der Waals surface area contributed by atoms with Crippen molar-refractivity contribution in [3.8, 4) is 11.5 Å². The minimum absolute atomic E-state index is 0.0188. The first-order chi connectivity index (χ1) is 15.8. The fraction of sp³-hybridized carbons (Fsp3) is 0.391. The van der Waals surface area contributed by atoms with Crippen molar-refractivity contribution in [1.82, 2.24) is 9.62 Å². The van der Waals surface area contributed by atoms with Gasteiger partial charge in [0.15, 0.2) is 11.5 Å². The van der Waals surface area contributed by atoms with Crippen molar-refractivity contribution in [3.63, 3.8) is 0 Å². The number of fused-ring (bicyclic) bond motifs is 1. The molecule has 0 radical (unpaired) electrons. The third-order valence-electron chi connectivity index (χ3n) is 5.63. The first-order valence-electron chi connectivity index (χ1n) is 10.9. The summed E-state index contributed by atoms with van der Waals surface area (Å²) in [6.07, 6.45) is 2.44. The van der Waals surface area contributed by atoms with Gasteiger partial charge >= 0.3 is 0 Å². The summed E-state index contributed by atoms with van der Waals surface area (Å²) in [5, 5.41) is 2.58. The molecule has 4 rings (SSSR count). The van der Waals surface area contributed by atoms with Gasteiger partial charge in [0, 0.05) is 25.6 Å². The summed E-state index contributed by atoms with van der Waals surface area (Å²) in [6.45, 7) is 2.78. The SMILES string of the molecule is CC(=O)Nc1ccc(S(=O)(=O)NCC(=O)N2CCCC2c2ccc3c(c2)OCCCO3)cc1. The third-order valence-corrected chi connectivity index (χ3v) is 7.05. The quantitative estimate of drug-likeness (QED) is 0.666. The highest BCUT2D eigenvalue weighted by atomic mass is 32.2. The van der Waals surface area contributed by atoms with Crippen LogP contribution in [0.4, 0.5) is 5.69 Å². The number of carbonyl (C=O) groups excluding carboxylic acids is 2. The molecule has 2 aliphatic heterocycles. The van der Waals surface area contributed by atoms with Crippen LogP contribution < -0.4 is 19.5 Å². The topological polar surface area (TPSA) is 114 Å². The molecule has 2 N–H and O–H groups in total. The van der Waals surface area contributed by atoms with Gasteiger partial charge in [-0.25, -0.2) is 13.1 Å². The van der Waals surface area contributed by atoms with Crippen molar-refractivity contribution in [1.29, 1.82) is 0 Å². The van der Waals surface area contributed by atoms with Gasteiger partial charge in [0.1, 0.15) is 0 Å². The number of likely N-dealkylation sites (tertiary alicyclic amines) is 1. The van der Waals surface area contributed by atoms with Crippen molar-refractivity contribution >= 4 is 27.5 Å². The Balaban J connectivity index is 1.41. The van der Waals surface area contributed by atoms with Crippen LogP contribution in [-0.2, 0) is 19.6 Å². The number of benzene rings is 2. The van der Waals surface area contributed by atoms with Gasteiger partial charge in [-0.05, 0) is 54.8 Å². The van der Waals surface area contributed by atoms with E-state index in [1.807, 2.05) is 18.2 Å². The standard InChI is InChI=1S/C23H27N3O6S/c1-16(27)25-18-6-8-19(9-7-18)33(29,30)24-15-23(28)26-11-2-4-20(26)17-5-10-21-22(14-17)32-13-3-12-31-21/h5-10,14,20,24H,2-4,11-13,15H2,1H3,(H,25,27). The summed E-state index contributed by atoms with van der Waals surface area (Å²) in [4.78, 5) is 25.8. The Labute approximate surface area is 193 Å². The van der Waals surface area contributed by atoms with Crippen LogP contribution >= 0.6 is 0 Å². The summed E-state index contributed by atoms with van der Waals surface area (Å²) in [5.74, 6) is 0.836. The van der Waals surface area contributed by atoms with E-state index in [-0.39, 0.29) is 29.3 Å². The molecule has 2 aromatic carbocycles. The highest BCUT2D eigenvalue weighted by Gasteiger charge is 2.31. The second kappa shape index (κ2) is 9.80. The zero-order valence-corrected chi connectivity index (χ0v) is 19.2. The molecule has 0 bridgehead atoms. The molecule has 2 heterocycles. The van der Waals surface area contributed by atoms with Crippen LogP contribution in [0.1, 0.15) is 37.8 Å². The molecular weight excluding hydrogens is 446 g/mol. The van der Waals surface area contributed by atoms with Crippen molar-refractivity contribution in [2.75, 3.05) is 31.6 Å². The average molecular weight is 474 g/mol. The van der Waals surface area contributed by atoms with E-state index in [4.69, 9.17) is 9.47 Å². The maximum absolute atomic E-state index is 12.9. The van der Waals surface area contributed by atoms with Crippen molar-refractivity contribution in [2.45, 2.75) is 37.1 Å². The maximum Gasteiger partial charge on any atom is 0.241 e. The fourth-order valence-electron chi connectivity index (χ4n) is 4.06. The predicted molar refractivity (Wildman–Crippen MR) is 122 cm³/mol. The molecule has 0 spiro atoms. The number of carbonyl (C=O) groups is 2. The van der Waals surface area contributed by atoms with E-state index >= 15 is 0 Å². The lowest BCUT2D eigenvalue weighted by Crippen LogP contribution is -2.39. The monoisotopic (exact) mass is 473 g/mol. The lowest BCUT2D eigenvalue weighted by molar-refractivity contribution is -0.130. The maximum atomic E-state index is 12.9. The molecule has 2 amide bonds. The van der Waals surface area contributed by atoms with E-state index in [1.54, 1.807) is 4.90 Å². The molecule has 1 atom stereocenters. The smallest absolute Gasteiger partial charge is 0.241 e. The molecule has 176 valence electrons. The number of amides is 2. The van der Waals surface area contributed by atoms with Crippen LogP contribution in [0, 0.1) is 0 Å². The summed E-state index contributed by atoms with van der Waals surface area (Å²) >= 11 is 0. The lowest BCUT2D eigenvalue weighted by atomic mass is 10.0. The normalized spacial score (nSPS) is 18.0. The van der Waals surface area contributed by atoms with Gasteiger partial charge in [-0.3, -0.25) is 9.59 Å².